The van der Waals surface area contributed by atoms with Gasteiger partial charge in [0.1, 0.15) is 6.10 Å². The van der Waals surface area contributed by atoms with Crippen molar-refractivity contribution in [2.24, 2.45) is 12.0 Å². The average Bonchev–Trinajstić information content (AvgIpc) is 3.09. The smallest absolute Gasteiger partial charge is 0.194 e. The molecule has 0 aliphatic carbocycles. The van der Waals surface area contributed by atoms with Gasteiger partial charge in [0.15, 0.2) is 5.96 Å². The standard InChI is InChI=1S/C18H22N6O.HI/c1-20-18(21-10-15-5-3-4-14(8-15)9-19)24-6-7-25-17(13-24)16-11-22-23(2)12-16;/h3-5,8,11-12,17H,6-7,10,13H2,1-2H3,(H,20,21);1H. The summed E-state index contributed by atoms with van der Waals surface area (Å²) in [7, 11) is 3.68. The molecule has 8 heteroatoms. The van der Waals surface area contributed by atoms with Crippen LogP contribution in [0.2, 0.25) is 0 Å². The summed E-state index contributed by atoms with van der Waals surface area (Å²) in [5, 5.41) is 16.6. The van der Waals surface area contributed by atoms with Crippen LogP contribution in [-0.4, -0.2) is 47.4 Å². The zero-order valence-electron chi connectivity index (χ0n) is 14.9. The third-order valence-electron chi connectivity index (χ3n) is 4.18. The molecule has 1 aliphatic rings. The zero-order valence-corrected chi connectivity index (χ0v) is 17.3. The van der Waals surface area contributed by atoms with Crippen molar-refractivity contribution >= 4 is 29.9 Å². The molecule has 1 fully saturated rings. The number of benzene rings is 1. The molecule has 1 unspecified atom stereocenters. The van der Waals surface area contributed by atoms with Gasteiger partial charge in [0.2, 0.25) is 0 Å². The highest BCUT2D eigenvalue weighted by atomic mass is 127. The Morgan fingerprint density at radius 1 is 1.50 bits per heavy atom. The molecule has 2 heterocycles. The van der Waals surface area contributed by atoms with Crippen LogP contribution in [0.4, 0.5) is 0 Å². The van der Waals surface area contributed by atoms with Crippen LogP contribution in [0.5, 0.6) is 0 Å². The summed E-state index contributed by atoms with van der Waals surface area (Å²) < 4.78 is 7.67. The molecule has 1 saturated heterocycles. The number of aryl methyl sites for hydroxylation is 1. The number of morpholine rings is 1. The van der Waals surface area contributed by atoms with Gasteiger partial charge in [0, 0.05) is 38.9 Å². The Balaban J connectivity index is 0.00000243. The summed E-state index contributed by atoms with van der Waals surface area (Å²) in [4.78, 5) is 6.58. The van der Waals surface area contributed by atoms with E-state index in [2.05, 4.69) is 26.4 Å². The van der Waals surface area contributed by atoms with Crippen molar-refractivity contribution in [3.8, 4) is 6.07 Å². The van der Waals surface area contributed by atoms with Gasteiger partial charge in [-0.1, -0.05) is 12.1 Å². The van der Waals surface area contributed by atoms with Crippen LogP contribution in [0.3, 0.4) is 0 Å². The first-order chi connectivity index (χ1) is 12.2. The summed E-state index contributed by atoms with van der Waals surface area (Å²) in [6, 6.07) is 9.75. The molecule has 0 amide bonds. The highest BCUT2D eigenvalue weighted by Gasteiger charge is 2.25. The minimum atomic E-state index is -0.0112. The molecule has 26 heavy (non-hydrogen) atoms. The first-order valence-corrected chi connectivity index (χ1v) is 8.24. The monoisotopic (exact) mass is 466 g/mol. The molecular formula is C18H23IN6O. The predicted molar refractivity (Wildman–Crippen MR) is 110 cm³/mol. The van der Waals surface area contributed by atoms with Gasteiger partial charge in [-0.15, -0.1) is 24.0 Å². The fourth-order valence-electron chi connectivity index (χ4n) is 2.91. The molecule has 3 rings (SSSR count). The fourth-order valence-corrected chi connectivity index (χ4v) is 2.91. The molecule has 2 aromatic rings. The SMILES string of the molecule is CN=C(NCc1cccc(C#N)c1)N1CCOC(c2cnn(C)c2)C1.I. The Morgan fingerprint density at radius 3 is 3.04 bits per heavy atom. The lowest BCUT2D eigenvalue weighted by atomic mass is 10.1. The quantitative estimate of drug-likeness (QED) is 0.426. The van der Waals surface area contributed by atoms with E-state index in [0.717, 1.165) is 30.2 Å². The van der Waals surface area contributed by atoms with Crippen LogP contribution in [0.15, 0.2) is 41.7 Å². The van der Waals surface area contributed by atoms with Crippen LogP contribution < -0.4 is 5.32 Å². The number of aromatic nitrogens is 2. The molecule has 1 aliphatic heterocycles. The van der Waals surface area contributed by atoms with Gasteiger partial charge in [-0.2, -0.15) is 10.4 Å². The van der Waals surface area contributed by atoms with Crippen molar-refractivity contribution in [2.75, 3.05) is 26.7 Å². The second kappa shape index (κ2) is 9.54. The lowest BCUT2D eigenvalue weighted by molar-refractivity contribution is -0.00805. The number of halogens is 1. The maximum Gasteiger partial charge on any atom is 0.194 e. The highest BCUT2D eigenvalue weighted by molar-refractivity contribution is 14.0. The summed E-state index contributed by atoms with van der Waals surface area (Å²) in [5.41, 5.74) is 2.79. The lowest BCUT2D eigenvalue weighted by Crippen LogP contribution is -2.47. The van der Waals surface area contributed by atoms with E-state index in [0.29, 0.717) is 18.7 Å². The second-order valence-corrected chi connectivity index (χ2v) is 5.97. The van der Waals surface area contributed by atoms with E-state index in [1.54, 1.807) is 17.8 Å². The van der Waals surface area contributed by atoms with Crippen LogP contribution in [-0.2, 0) is 18.3 Å². The fraction of sp³-hybridized carbons (Fsp3) is 0.389. The predicted octanol–water partition coefficient (Wildman–Crippen LogP) is 2.06. The molecule has 1 atom stereocenters. The molecule has 0 saturated carbocycles. The number of aliphatic imine (C=N–C) groups is 1. The van der Waals surface area contributed by atoms with Crippen LogP contribution in [0.1, 0.15) is 22.8 Å². The van der Waals surface area contributed by atoms with Crippen LogP contribution in [0.25, 0.3) is 0 Å². The number of nitriles is 1. The summed E-state index contributed by atoms with van der Waals surface area (Å²) in [6.07, 6.45) is 3.82. The minimum absolute atomic E-state index is 0. The van der Waals surface area contributed by atoms with E-state index < -0.39 is 0 Å². The maximum absolute atomic E-state index is 9.01. The first kappa shape index (κ1) is 20.2. The van der Waals surface area contributed by atoms with Crippen molar-refractivity contribution in [1.82, 2.24) is 20.0 Å². The van der Waals surface area contributed by atoms with E-state index in [1.165, 1.54) is 0 Å². The number of ether oxygens (including phenoxy) is 1. The number of hydrogen-bond acceptors (Lipinski definition) is 4. The van der Waals surface area contributed by atoms with Crippen molar-refractivity contribution < 1.29 is 4.74 Å². The third-order valence-corrected chi connectivity index (χ3v) is 4.18. The van der Waals surface area contributed by atoms with E-state index in [9.17, 15) is 0 Å². The lowest BCUT2D eigenvalue weighted by Gasteiger charge is -2.34. The first-order valence-electron chi connectivity index (χ1n) is 8.24. The normalized spacial score (nSPS) is 17.3. The Morgan fingerprint density at radius 2 is 2.35 bits per heavy atom. The average molecular weight is 466 g/mol. The van der Waals surface area contributed by atoms with Gasteiger partial charge in [-0.25, -0.2) is 0 Å². The highest BCUT2D eigenvalue weighted by Crippen LogP contribution is 2.21. The van der Waals surface area contributed by atoms with Crippen molar-refractivity contribution in [2.45, 2.75) is 12.6 Å². The molecule has 7 nitrogen and oxygen atoms in total. The Labute approximate surface area is 170 Å². The topological polar surface area (TPSA) is 78.5 Å². The number of rotatable bonds is 3. The van der Waals surface area contributed by atoms with E-state index in [-0.39, 0.29) is 30.1 Å². The van der Waals surface area contributed by atoms with E-state index in [4.69, 9.17) is 10.00 Å². The summed E-state index contributed by atoms with van der Waals surface area (Å²) in [6.45, 7) is 2.78. The van der Waals surface area contributed by atoms with E-state index >= 15 is 0 Å². The number of hydrogen-bond donors (Lipinski definition) is 1. The molecule has 0 bridgehead atoms. The summed E-state index contributed by atoms with van der Waals surface area (Å²) in [5.74, 6) is 0.833. The number of guanidine groups is 1. The zero-order chi connectivity index (χ0) is 17.6. The molecule has 1 aromatic heterocycles. The number of nitrogens with zero attached hydrogens (tertiary/aromatic N) is 5. The van der Waals surface area contributed by atoms with Crippen molar-refractivity contribution in [1.29, 1.82) is 5.26 Å². The third kappa shape index (κ3) is 4.95. The maximum atomic E-state index is 9.01. The molecular weight excluding hydrogens is 443 g/mol. The Kier molecular flexibility index (Phi) is 7.41. The largest absolute Gasteiger partial charge is 0.370 e. The Hall–Kier alpha value is -2.12. The van der Waals surface area contributed by atoms with Gasteiger partial charge in [0.05, 0.1) is 31.0 Å². The minimum Gasteiger partial charge on any atom is -0.370 e. The van der Waals surface area contributed by atoms with Crippen molar-refractivity contribution in [3.05, 3.63) is 53.3 Å². The summed E-state index contributed by atoms with van der Waals surface area (Å²) >= 11 is 0. The molecule has 0 radical (unpaired) electrons. The Bertz CT molecular complexity index is 797. The molecule has 138 valence electrons. The second-order valence-electron chi connectivity index (χ2n) is 5.97. The van der Waals surface area contributed by atoms with Gasteiger partial charge < -0.3 is 15.0 Å². The van der Waals surface area contributed by atoms with Gasteiger partial charge in [0.25, 0.3) is 0 Å². The molecule has 1 N–H and O–H groups in total. The van der Waals surface area contributed by atoms with E-state index in [1.807, 2.05) is 37.6 Å². The van der Waals surface area contributed by atoms with Crippen molar-refractivity contribution in [3.63, 3.8) is 0 Å². The number of nitrogens with one attached hydrogen (secondary N) is 1. The van der Waals surface area contributed by atoms with Gasteiger partial charge in [-0.3, -0.25) is 9.67 Å². The van der Waals surface area contributed by atoms with Crippen LogP contribution >= 0.6 is 24.0 Å². The van der Waals surface area contributed by atoms with Gasteiger partial charge in [-0.05, 0) is 17.7 Å². The van der Waals surface area contributed by atoms with Gasteiger partial charge >= 0.3 is 0 Å². The molecule has 1 aromatic carbocycles. The van der Waals surface area contributed by atoms with Crippen LogP contribution in [0, 0.1) is 11.3 Å². The molecule has 0 spiro atoms.